The SMILES string of the molecule is CNC(=O)C(=O)NCCC(Nc1ccc(Nc2nc(NC3(c4ccc(Cl)cc4)CC3)nc(OCC(F)(F)F)n2)cc1)C(=O)O. The van der Waals surface area contributed by atoms with Gasteiger partial charge in [0.15, 0.2) is 6.61 Å². The van der Waals surface area contributed by atoms with Crippen molar-refractivity contribution >= 4 is 52.7 Å². The Morgan fingerprint density at radius 2 is 1.61 bits per heavy atom. The molecule has 0 aliphatic heterocycles. The Morgan fingerprint density at radius 3 is 2.20 bits per heavy atom. The molecule has 1 aliphatic carbocycles. The highest BCUT2D eigenvalue weighted by molar-refractivity contribution is 6.35. The molecule has 0 spiro atoms. The Balaban J connectivity index is 1.45. The molecule has 1 heterocycles. The average Bonchev–Trinajstić information content (AvgIpc) is 3.76. The first kappa shape index (κ1) is 32.1. The van der Waals surface area contributed by atoms with Crippen LogP contribution in [0.15, 0.2) is 48.5 Å². The van der Waals surface area contributed by atoms with Crippen molar-refractivity contribution in [2.45, 2.75) is 37.0 Å². The highest BCUT2D eigenvalue weighted by atomic mass is 35.5. The van der Waals surface area contributed by atoms with Crippen LogP contribution in [0.4, 0.5) is 36.4 Å². The Morgan fingerprint density at radius 1 is 0.977 bits per heavy atom. The molecule has 1 atom stereocenters. The predicted octanol–water partition coefficient (Wildman–Crippen LogP) is 3.43. The summed E-state index contributed by atoms with van der Waals surface area (Å²) in [6, 6.07) is 11.8. The number of carbonyl (C=O) groups excluding carboxylic acids is 2. The highest BCUT2D eigenvalue weighted by Crippen LogP contribution is 2.48. The molecule has 2 aromatic carbocycles. The van der Waals surface area contributed by atoms with Crippen molar-refractivity contribution < 1.29 is 37.4 Å². The van der Waals surface area contributed by atoms with E-state index in [0.717, 1.165) is 18.4 Å². The normalized spacial score (nSPS) is 14.1. The van der Waals surface area contributed by atoms with E-state index in [4.69, 9.17) is 16.3 Å². The van der Waals surface area contributed by atoms with Crippen LogP contribution in [0.2, 0.25) is 5.02 Å². The molecule has 1 aromatic heterocycles. The molecule has 1 fully saturated rings. The number of anilines is 4. The number of halogens is 4. The summed E-state index contributed by atoms with van der Waals surface area (Å²) in [5.74, 6) is -3.00. The Hall–Kier alpha value is -4.86. The van der Waals surface area contributed by atoms with Gasteiger partial charge in [-0.1, -0.05) is 23.7 Å². The van der Waals surface area contributed by atoms with E-state index in [1.165, 1.54) is 7.05 Å². The molecule has 1 unspecified atom stereocenters. The van der Waals surface area contributed by atoms with Gasteiger partial charge in [-0.15, -0.1) is 0 Å². The van der Waals surface area contributed by atoms with Crippen LogP contribution < -0.4 is 31.3 Å². The summed E-state index contributed by atoms with van der Waals surface area (Å²) in [6.45, 7) is -1.66. The van der Waals surface area contributed by atoms with Crippen molar-refractivity contribution in [2.75, 3.05) is 36.1 Å². The molecule has 13 nitrogen and oxygen atoms in total. The number of ether oxygens (including phenoxy) is 1. The van der Waals surface area contributed by atoms with Crippen molar-refractivity contribution in [1.29, 1.82) is 0 Å². The summed E-state index contributed by atoms with van der Waals surface area (Å²) in [6.07, 6.45) is -3.17. The first-order valence-electron chi connectivity index (χ1n) is 13.2. The van der Waals surface area contributed by atoms with Gasteiger partial charge in [-0.05, 0) is 61.2 Å². The van der Waals surface area contributed by atoms with Crippen molar-refractivity contribution in [2.24, 2.45) is 0 Å². The maximum atomic E-state index is 12.8. The van der Waals surface area contributed by atoms with E-state index in [1.807, 2.05) is 12.1 Å². The molecule has 17 heteroatoms. The van der Waals surface area contributed by atoms with Gasteiger partial charge >= 0.3 is 30.0 Å². The third-order valence-electron chi connectivity index (χ3n) is 6.41. The minimum atomic E-state index is -4.61. The minimum Gasteiger partial charge on any atom is -0.480 e. The molecule has 44 heavy (non-hydrogen) atoms. The summed E-state index contributed by atoms with van der Waals surface area (Å²) in [7, 11) is 1.30. The van der Waals surface area contributed by atoms with E-state index >= 15 is 0 Å². The fourth-order valence-corrected chi connectivity index (χ4v) is 4.16. The number of rotatable bonds is 13. The Labute approximate surface area is 254 Å². The minimum absolute atomic E-state index is 0.00165. The molecule has 2 amide bonds. The van der Waals surface area contributed by atoms with Crippen LogP contribution >= 0.6 is 11.6 Å². The zero-order chi connectivity index (χ0) is 31.9. The van der Waals surface area contributed by atoms with E-state index in [2.05, 4.69) is 41.5 Å². The fraction of sp³-hybridized carbons (Fsp3) is 0.333. The molecule has 3 aromatic rings. The van der Waals surface area contributed by atoms with Gasteiger partial charge in [0.2, 0.25) is 11.9 Å². The average molecular weight is 637 g/mol. The number of nitrogens with zero attached hydrogens (tertiary/aromatic N) is 3. The largest absolute Gasteiger partial charge is 0.480 e. The number of likely N-dealkylation sites (N-methyl/N-ethyl adjacent to an activating group) is 1. The zero-order valence-corrected chi connectivity index (χ0v) is 23.9. The molecule has 0 bridgehead atoms. The first-order valence-corrected chi connectivity index (χ1v) is 13.6. The van der Waals surface area contributed by atoms with Crippen molar-refractivity contribution in [1.82, 2.24) is 25.6 Å². The topological polar surface area (TPSA) is 179 Å². The summed E-state index contributed by atoms with van der Waals surface area (Å²) in [5, 5.41) is 23.5. The van der Waals surface area contributed by atoms with Crippen LogP contribution in [0.25, 0.3) is 0 Å². The third-order valence-corrected chi connectivity index (χ3v) is 6.66. The number of hydrogen-bond acceptors (Lipinski definition) is 10. The lowest BCUT2D eigenvalue weighted by molar-refractivity contribution is -0.154. The second kappa shape index (κ2) is 13.6. The number of alkyl halides is 3. The summed E-state index contributed by atoms with van der Waals surface area (Å²) < 4.78 is 43.3. The van der Waals surface area contributed by atoms with Crippen molar-refractivity contribution in [3.63, 3.8) is 0 Å². The molecule has 0 radical (unpaired) electrons. The fourth-order valence-electron chi connectivity index (χ4n) is 4.03. The van der Waals surface area contributed by atoms with Gasteiger partial charge in [-0.3, -0.25) is 9.59 Å². The van der Waals surface area contributed by atoms with Crippen molar-refractivity contribution in [3.8, 4) is 6.01 Å². The summed E-state index contributed by atoms with van der Waals surface area (Å²) in [5.41, 5.74) is 1.24. The lowest BCUT2D eigenvalue weighted by atomic mass is 10.1. The maximum absolute atomic E-state index is 12.8. The maximum Gasteiger partial charge on any atom is 0.422 e. The molecular formula is C27H28ClF3N8O5. The standard InChI is InChI=1S/C27H28ClF3N8O5/c1-32-20(40)21(41)33-13-10-19(22(42)43)34-17-6-8-18(9-7-17)35-23-36-24(38-25(37-23)44-14-27(29,30)31)39-26(11-12-26)15-2-4-16(28)5-3-15/h2-9,19,34H,10-14H2,1H3,(H,32,40)(H,33,41)(H,42,43)(H2,35,36,37,38,39). The van der Waals surface area contributed by atoms with Gasteiger partial charge in [-0.2, -0.15) is 28.1 Å². The van der Waals surface area contributed by atoms with Gasteiger partial charge < -0.3 is 36.4 Å². The van der Waals surface area contributed by atoms with Gasteiger partial charge in [0, 0.05) is 30.0 Å². The zero-order valence-electron chi connectivity index (χ0n) is 23.2. The van der Waals surface area contributed by atoms with Gasteiger partial charge in [0.05, 0.1) is 5.54 Å². The molecule has 234 valence electrons. The number of carbonyl (C=O) groups is 3. The number of aliphatic carboxylic acids is 1. The van der Waals surface area contributed by atoms with Crippen LogP contribution in [-0.2, 0) is 19.9 Å². The van der Waals surface area contributed by atoms with Gasteiger partial charge in [0.25, 0.3) is 0 Å². The highest BCUT2D eigenvalue weighted by Gasteiger charge is 2.45. The lowest BCUT2D eigenvalue weighted by Crippen LogP contribution is -2.40. The molecule has 6 N–H and O–H groups in total. The quantitative estimate of drug-likeness (QED) is 0.151. The molecule has 1 saturated carbocycles. The molecule has 4 rings (SSSR count). The van der Waals surface area contributed by atoms with E-state index in [-0.39, 0.29) is 24.9 Å². The van der Waals surface area contributed by atoms with Crippen LogP contribution in [0.1, 0.15) is 24.8 Å². The number of aromatic nitrogens is 3. The molecular weight excluding hydrogens is 609 g/mol. The third kappa shape index (κ3) is 9.07. The number of nitrogens with one attached hydrogen (secondary N) is 5. The van der Waals surface area contributed by atoms with E-state index in [9.17, 15) is 32.7 Å². The second-order valence-electron chi connectivity index (χ2n) is 9.74. The number of amides is 2. The van der Waals surface area contributed by atoms with Crippen molar-refractivity contribution in [3.05, 3.63) is 59.1 Å². The second-order valence-corrected chi connectivity index (χ2v) is 10.2. The van der Waals surface area contributed by atoms with Crippen LogP contribution in [0.3, 0.4) is 0 Å². The number of benzene rings is 2. The number of hydrogen-bond donors (Lipinski definition) is 6. The van der Waals surface area contributed by atoms with Crippen LogP contribution in [0.5, 0.6) is 6.01 Å². The number of carboxylic acid groups (broad SMARTS) is 1. The molecule has 1 aliphatic rings. The van der Waals surface area contributed by atoms with Gasteiger partial charge in [0.1, 0.15) is 6.04 Å². The summed E-state index contributed by atoms with van der Waals surface area (Å²) in [4.78, 5) is 46.8. The predicted molar refractivity (Wildman–Crippen MR) is 154 cm³/mol. The van der Waals surface area contributed by atoms with E-state index < -0.39 is 48.2 Å². The lowest BCUT2D eigenvalue weighted by Gasteiger charge is -2.19. The number of carboxylic acids is 1. The van der Waals surface area contributed by atoms with Gasteiger partial charge in [-0.25, -0.2) is 4.79 Å². The van der Waals surface area contributed by atoms with E-state index in [0.29, 0.717) is 16.4 Å². The monoisotopic (exact) mass is 636 g/mol. The summed E-state index contributed by atoms with van der Waals surface area (Å²) >= 11 is 6.00. The van der Waals surface area contributed by atoms with Crippen LogP contribution in [-0.4, -0.2) is 70.3 Å². The van der Waals surface area contributed by atoms with E-state index in [1.54, 1.807) is 36.4 Å². The Bertz CT molecular complexity index is 1490. The first-order chi connectivity index (χ1) is 20.9. The van der Waals surface area contributed by atoms with Crippen LogP contribution in [0, 0.1) is 0 Å². The smallest absolute Gasteiger partial charge is 0.422 e. The molecule has 0 saturated heterocycles. The Kier molecular flexibility index (Phi) is 9.93.